The van der Waals surface area contributed by atoms with Gasteiger partial charge in [-0.25, -0.2) is 13.8 Å². The van der Waals surface area contributed by atoms with E-state index in [1.165, 1.54) is 23.5 Å². The van der Waals surface area contributed by atoms with Crippen molar-refractivity contribution in [3.8, 4) is 0 Å². The highest BCUT2D eigenvalue weighted by molar-refractivity contribution is 9.10. The molecule has 0 saturated heterocycles. The zero-order chi connectivity index (χ0) is 14.2. The fourth-order valence-corrected chi connectivity index (χ4v) is 3.18. The van der Waals surface area contributed by atoms with Crippen LogP contribution in [0.4, 0.5) is 8.78 Å². The standard InChI is InChI=1S/C13H12BrF2NOS/c1-6-13(19-7(2)17-6)11(18)5-8-10(15)4-3-9(14)12(8)16/h3-4,11,18H,5H2,1-2H3. The van der Waals surface area contributed by atoms with Crippen molar-refractivity contribution in [3.63, 3.8) is 0 Å². The molecule has 19 heavy (non-hydrogen) atoms. The Hall–Kier alpha value is -0.850. The molecule has 0 fully saturated rings. The molecule has 0 aliphatic heterocycles. The number of thiazole rings is 1. The van der Waals surface area contributed by atoms with Crippen LogP contribution in [0.5, 0.6) is 0 Å². The first-order chi connectivity index (χ1) is 8.90. The van der Waals surface area contributed by atoms with Crippen molar-refractivity contribution in [2.75, 3.05) is 0 Å². The lowest BCUT2D eigenvalue weighted by Crippen LogP contribution is -2.06. The molecule has 1 heterocycles. The molecule has 0 radical (unpaired) electrons. The van der Waals surface area contributed by atoms with E-state index in [9.17, 15) is 13.9 Å². The molecule has 1 aromatic heterocycles. The summed E-state index contributed by atoms with van der Waals surface area (Å²) in [6.07, 6.45) is -1.07. The van der Waals surface area contributed by atoms with E-state index in [0.717, 1.165) is 5.01 Å². The van der Waals surface area contributed by atoms with Crippen molar-refractivity contribution in [3.05, 3.63) is 49.4 Å². The molecule has 1 unspecified atom stereocenters. The number of aliphatic hydroxyl groups excluding tert-OH is 1. The van der Waals surface area contributed by atoms with Crippen LogP contribution in [0, 0.1) is 25.5 Å². The average Bonchev–Trinajstić information content (AvgIpc) is 2.69. The Kier molecular flexibility index (Phi) is 4.32. The van der Waals surface area contributed by atoms with Crippen LogP contribution in [-0.2, 0) is 6.42 Å². The molecule has 0 aliphatic rings. The van der Waals surface area contributed by atoms with Gasteiger partial charge in [0.1, 0.15) is 11.6 Å². The van der Waals surface area contributed by atoms with E-state index in [1.807, 2.05) is 6.92 Å². The number of halogens is 3. The van der Waals surface area contributed by atoms with E-state index in [0.29, 0.717) is 10.6 Å². The number of hydrogen-bond acceptors (Lipinski definition) is 3. The maximum Gasteiger partial charge on any atom is 0.143 e. The summed E-state index contributed by atoms with van der Waals surface area (Å²) in [5.41, 5.74) is 0.582. The topological polar surface area (TPSA) is 33.1 Å². The number of aryl methyl sites for hydroxylation is 2. The first-order valence-electron chi connectivity index (χ1n) is 5.64. The molecule has 0 spiro atoms. The van der Waals surface area contributed by atoms with Crippen LogP contribution in [0.3, 0.4) is 0 Å². The van der Waals surface area contributed by atoms with Gasteiger partial charge in [0.15, 0.2) is 0 Å². The first kappa shape index (κ1) is 14.6. The summed E-state index contributed by atoms with van der Waals surface area (Å²) in [7, 11) is 0. The number of benzene rings is 1. The smallest absolute Gasteiger partial charge is 0.143 e. The normalized spacial score (nSPS) is 12.7. The van der Waals surface area contributed by atoms with E-state index in [2.05, 4.69) is 20.9 Å². The molecule has 0 aliphatic carbocycles. The Labute approximate surface area is 122 Å². The Morgan fingerprint density at radius 1 is 1.37 bits per heavy atom. The van der Waals surface area contributed by atoms with Gasteiger partial charge in [-0.15, -0.1) is 11.3 Å². The van der Waals surface area contributed by atoms with Crippen LogP contribution in [0.25, 0.3) is 0 Å². The number of aromatic nitrogens is 1. The summed E-state index contributed by atoms with van der Waals surface area (Å²) in [5.74, 6) is -1.32. The molecule has 0 saturated carbocycles. The average molecular weight is 348 g/mol. The second-order valence-electron chi connectivity index (χ2n) is 4.22. The highest BCUT2D eigenvalue weighted by Gasteiger charge is 2.20. The Bertz CT molecular complexity index is 615. The second kappa shape index (κ2) is 5.64. The highest BCUT2D eigenvalue weighted by Crippen LogP contribution is 2.30. The van der Waals surface area contributed by atoms with Gasteiger partial charge >= 0.3 is 0 Å². The van der Waals surface area contributed by atoms with Crippen molar-refractivity contribution in [1.29, 1.82) is 0 Å². The third-order valence-corrected chi connectivity index (χ3v) is 4.56. The maximum atomic E-state index is 13.8. The van der Waals surface area contributed by atoms with Gasteiger partial charge in [0.25, 0.3) is 0 Å². The van der Waals surface area contributed by atoms with E-state index >= 15 is 0 Å². The van der Waals surface area contributed by atoms with Crippen molar-refractivity contribution < 1.29 is 13.9 Å². The fourth-order valence-electron chi connectivity index (χ4n) is 1.90. The van der Waals surface area contributed by atoms with Crippen LogP contribution in [-0.4, -0.2) is 10.1 Å². The van der Waals surface area contributed by atoms with Gasteiger partial charge in [-0.3, -0.25) is 0 Å². The predicted molar refractivity (Wildman–Crippen MR) is 74.3 cm³/mol. The minimum absolute atomic E-state index is 0.112. The third-order valence-electron chi connectivity index (χ3n) is 2.78. The van der Waals surface area contributed by atoms with Crippen LogP contribution in [0.15, 0.2) is 16.6 Å². The summed E-state index contributed by atoms with van der Waals surface area (Å²) in [5, 5.41) is 11.0. The molecule has 0 amide bonds. The van der Waals surface area contributed by atoms with Gasteiger partial charge in [-0.1, -0.05) is 0 Å². The van der Waals surface area contributed by atoms with Crippen molar-refractivity contribution in [2.24, 2.45) is 0 Å². The third kappa shape index (κ3) is 3.01. The fraction of sp³-hybridized carbons (Fsp3) is 0.308. The summed E-state index contributed by atoms with van der Waals surface area (Å²) in [6.45, 7) is 3.60. The Morgan fingerprint density at radius 3 is 2.63 bits per heavy atom. The van der Waals surface area contributed by atoms with Gasteiger partial charge < -0.3 is 5.11 Å². The minimum atomic E-state index is -0.954. The maximum absolute atomic E-state index is 13.8. The van der Waals surface area contributed by atoms with E-state index < -0.39 is 17.7 Å². The lowest BCUT2D eigenvalue weighted by Gasteiger charge is -2.11. The molecule has 1 atom stereocenters. The monoisotopic (exact) mass is 347 g/mol. The lowest BCUT2D eigenvalue weighted by atomic mass is 10.0. The predicted octanol–water partition coefficient (Wildman–Crippen LogP) is 4.08. The molecule has 2 nitrogen and oxygen atoms in total. The summed E-state index contributed by atoms with van der Waals surface area (Å²) >= 11 is 4.35. The second-order valence-corrected chi connectivity index (χ2v) is 6.31. The van der Waals surface area contributed by atoms with Crippen molar-refractivity contribution in [1.82, 2.24) is 4.98 Å². The van der Waals surface area contributed by atoms with Crippen molar-refractivity contribution in [2.45, 2.75) is 26.4 Å². The molecular formula is C13H12BrF2NOS. The van der Waals surface area contributed by atoms with Crippen LogP contribution in [0.2, 0.25) is 0 Å². The minimum Gasteiger partial charge on any atom is -0.387 e. The van der Waals surface area contributed by atoms with E-state index in [4.69, 9.17) is 0 Å². The van der Waals surface area contributed by atoms with E-state index in [-0.39, 0.29) is 16.5 Å². The quantitative estimate of drug-likeness (QED) is 0.848. The number of aliphatic hydroxyl groups is 1. The molecule has 1 aromatic carbocycles. The van der Waals surface area contributed by atoms with Crippen LogP contribution < -0.4 is 0 Å². The first-order valence-corrected chi connectivity index (χ1v) is 7.25. The van der Waals surface area contributed by atoms with Gasteiger partial charge in [0.2, 0.25) is 0 Å². The Morgan fingerprint density at radius 2 is 2.05 bits per heavy atom. The van der Waals surface area contributed by atoms with E-state index in [1.54, 1.807) is 6.92 Å². The Balaban J connectivity index is 2.31. The summed E-state index contributed by atoms with van der Waals surface area (Å²) in [6, 6.07) is 2.49. The number of rotatable bonds is 3. The van der Waals surface area contributed by atoms with Crippen molar-refractivity contribution >= 4 is 27.3 Å². The molecular weight excluding hydrogens is 336 g/mol. The summed E-state index contributed by atoms with van der Waals surface area (Å²) < 4.78 is 27.7. The zero-order valence-corrected chi connectivity index (χ0v) is 12.8. The zero-order valence-electron chi connectivity index (χ0n) is 10.4. The summed E-state index contributed by atoms with van der Waals surface area (Å²) in [4.78, 5) is 4.85. The molecule has 2 aromatic rings. The molecule has 1 N–H and O–H groups in total. The van der Waals surface area contributed by atoms with Gasteiger partial charge in [0.05, 0.1) is 26.2 Å². The highest BCUT2D eigenvalue weighted by atomic mass is 79.9. The van der Waals surface area contributed by atoms with Gasteiger partial charge in [0, 0.05) is 12.0 Å². The van der Waals surface area contributed by atoms with Crippen LogP contribution >= 0.6 is 27.3 Å². The largest absolute Gasteiger partial charge is 0.387 e. The molecule has 0 bridgehead atoms. The molecule has 102 valence electrons. The number of nitrogens with zero attached hydrogens (tertiary/aromatic N) is 1. The number of hydrogen-bond donors (Lipinski definition) is 1. The van der Waals surface area contributed by atoms with Gasteiger partial charge in [-0.2, -0.15) is 0 Å². The SMILES string of the molecule is Cc1nc(C)c(C(O)Cc2c(F)ccc(Br)c2F)s1. The lowest BCUT2D eigenvalue weighted by molar-refractivity contribution is 0.178. The van der Waals surface area contributed by atoms with Gasteiger partial charge in [-0.05, 0) is 41.9 Å². The molecule has 6 heteroatoms. The van der Waals surface area contributed by atoms with Crippen LogP contribution in [0.1, 0.15) is 27.2 Å². The molecule has 2 rings (SSSR count).